The fourth-order valence-corrected chi connectivity index (χ4v) is 6.33. The van der Waals surface area contributed by atoms with Crippen molar-refractivity contribution in [3.8, 4) is 0 Å². The maximum atomic E-state index is 13.9. The van der Waals surface area contributed by atoms with Crippen LogP contribution in [0, 0.1) is 0 Å². The van der Waals surface area contributed by atoms with Gasteiger partial charge in [-0.3, -0.25) is 14.2 Å². The molecule has 9 heteroatoms. The standard InChI is InChI=1S/C26H21N3O4S2/c1-4-12-28-17-10-7-6-9-16(17)20(23(28)30)22-24(31)29-21(18-11-8-14-34-18)19(25(32)33-13-5-2)15(3)27-26(29)35-22/h4-11,14,21H,1-2,12-13H2,3H3/b22-20-/t21-/m0/s1. The summed E-state index contributed by atoms with van der Waals surface area (Å²) in [7, 11) is 0. The molecule has 176 valence electrons. The molecule has 0 unspecified atom stereocenters. The molecule has 3 aromatic rings. The Morgan fingerprint density at radius 3 is 2.69 bits per heavy atom. The van der Waals surface area contributed by atoms with E-state index in [1.54, 1.807) is 17.9 Å². The highest BCUT2D eigenvalue weighted by atomic mass is 32.1. The number of anilines is 1. The van der Waals surface area contributed by atoms with Crippen LogP contribution in [-0.2, 0) is 14.3 Å². The third-order valence-electron chi connectivity index (χ3n) is 5.82. The van der Waals surface area contributed by atoms with E-state index >= 15 is 0 Å². The zero-order chi connectivity index (χ0) is 24.7. The number of thiophene rings is 1. The number of benzene rings is 1. The zero-order valence-electron chi connectivity index (χ0n) is 18.9. The lowest BCUT2D eigenvalue weighted by atomic mass is 10.0. The van der Waals surface area contributed by atoms with Gasteiger partial charge in [0, 0.05) is 17.0 Å². The van der Waals surface area contributed by atoms with Crippen LogP contribution in [0.25, 0.3) is 5.57 Å². The van der Waals surface area contributed by atoms with Crippen LogP contribution in [-0.4, -0.2) is 29.6 Å². The van der Waals surface area contributed by atoms with Crippen LogP contribution >= 0.6 is 22.7 Å². The smallest absolute Gasteiger partial charge is 0.338 e. The Morgan fingerprint density at radius 1 is 1.17 bits per heavy atom. The molecule has 1 aromatic carbocycles. The van der Waals surface area contributed by atoms with Crippen LogP contribution in [0.2, 0.25) is 0 Å². The maximum absolute atomic E-state index is 13.9. The number of hydrogen-bond acceptors (Lipinski definition) is 7. The van der Waals surface area contributed by atoms with Crippen molar-refractivity contribution in [3.05, 3.63) is 108 Å². The Balaban J connectivity index is 1.78. The summed E-state index contributed by atoms with van der Waals surface area (Å²) in [4.78, 5) is 47.8. The Kier molecular flexibility index (Phi) is 5.96. The first-order valence-electron chi connectivity index (χ1n) is 10.9. The van der Waals surface area contributed by atoms with Crippen LogP contribution in [0.5, 0.6) is 0 Å². The van der Waals surface area contributed by atoms with Gasteiger partial charge in [0.05, 0.1) is 22.5 Å². The molecule has 1 amide bonds. The van der Waals surface area contributed by atoms with Crippen molar-refractivity contribution < 1.29 is 14.3 Å². The molecule has 0 radical (unpaired) electrons. The molecule has 2 aliphatic rings. The van der Waals surface area contributed by atoms with E-state index in [-0.39, 0.29) is 18.1 Å². The maximum Gasteiger partial charge on any atom is 0.338 e. The number of amides is 1. The SMILES string of the molecule is C=CCOC(=O)C1=C(C)N=c2s/c(=C3\C(=O)N(CC=C)c4ccccc43)c(=O)n2[C@H]1c1cccs1. The number of carbonyl (C=O) groups excluding carboxylic acids is 2. The lowest BCUT2D eigenvalue weighted by molar-refractivity contribution is -0.138. The lowest BCUT2D eigenvalue weighted by Crippen LogP contribution is -2.40. The Bertz CT molecular complexity index is 1590. The van der Waals surface area contributed by atoms with Crippen LogP contribution in [0.4, 0.5) is 5.69 Å². The number of hydrogen-bond donors (Lipinski definition) is 0. The Morgan fingerprint density at radius 2 is 1.97 bits per heavy atom. The van der Waals surface area contributed by atoms with Gasteiger partial charge < -0.3 is 9.64 Å². The van der Waals surface area contributed by atoms with Gasteiger partial charge in [0.25, 0.3) is 11.5 Å². The molecule has 0 spiro atoms. The minimum Gasteiger partial charge on any atom is -0.458 e. The van der Waals surface area contributed by atoms with Gasteiger partial charge in [-0.15, -0.1) is 17.9 Å². The molecule has 0 N–H and O–H groups in total. The molecule has 0 saturated carbocycles. The molecule has 0 saturated heterocycles. The molecule has 0 fully saturated rings. The molecule has 7 nitrogen and oxygen atoms in total. The minimum absolute atomic E-state index is 0.0474. The lowest BCUT2D eigenvalue weighted by Gasteiger charge is -2.23. The van der Waals surface area contributed by atoms with E-state index in [0.717, 1.165) is 21.9 Å². The van der Waals surface area contributed by atoms with E-state index in [9.17, 15) is 14.4 Å². The molecule has 0 bridgehead atoms. The summed E-state index contributed by atoms with van der Waals surface area (Å²) >= 11 is 2.59. The molecular formula is C26H21N3O4S2. The van der Waals surface area contributed by atoms with Gasteiger partial charge in [-0.25, -0.2) is 9.79 Å². The van der Waals surface area contributed by atoms with Crippen molar-refractivity contribution in [3.63, 3.8) is 0 Å². The van der Waals surface area contributed by atoms with Crippen molar-refractivity contribution in [1.82, 2.24) is 4.57 Å². The van der Waals surface area contributed by atoms with Gasteiger partial charge in [-0.1, -0.05) is 54.3 Å². The molecule has 5 rings (SSSR count). The summed E-state index contributed by atoms with van der Waals surface area (Å²) in [6.07, 6.45) is 3.14. The van der Waals surface area contributed by atoms with Gasteiger partial charge in [-0.05, 0) is 24.4 Å². The van der Waals surface area contributed by atoms with Gasteiger partial charge in [0.2, 0.25) is 0 Å². The average Bonchev–Trinajstić information content (AvgIpc) is 3.55. The second kappa shape index (κ2) is 9.09. The van der Waals surface area contributed by atoms with Gasteiger partial charge in [0.15, 0.2) is 4.80 Å². The number of carbonyl (C=O) groups is 2. The largest absolute Gasteiger partial charge is 0.458 e. The number of allylic oxidation sites excluding steroid dienone is 1. The summed E-state index contributed by atoms with van der Waals surface area (Å²) in [6.45, 7) is 9.46. The molecule has 1 atom stereocenters. The van der Waals surface area contributed by atoms with Crippen LogP contribution in [0.1, 0.15) is 23.4 Å². The number of para-hydroxylation sites is 1. The Labute approximate surface area is 208 Å². The molecule has 2 aliphatic heterocycles. The molecular weight excluding hydrogens is 482 g/mol. The second-order valence-electron chi connectivity index (χ2n) is 7.90. The van der Waals surface area contributed by atoms with Crippen molar-refractivity contribution in [2.45, 2.75) is 13.0 Å². The number of ether oxygens (including phenoxy) is 1. The van der Waals surface area contributed by atoms with Crippen LogP contribution in [0.3, 0.4) is 0 Å². The Hall–Kier alpha value is -3.82. The molecule has 2 aromatic heterocycles. The quantitative estimate of drug-likeness (QED) is 0.383. The van der Waals surface area contributed by atoms with Crippen molar-refractivity contribution in [2.24, 2.45) is 4.99 Å². The summed E-state index contributed by atoms with van der Waals surface area (Å²) < 4.78 is 7.13. The van der Waals surface area contributed by atoms with E-state index in [0.29, 0.717) is 38.3 Å². The average molecular weight is 504 g/mol. The van der Waals surface area contributed by atoms with E-state index in [1.807, 2.05) is 41.8 Å². The van der Waals surface area contributed by atoms with Crippen molar-refractivity contribution in [2.75, 3.05) is 18.1 Å². The van der Waals surface area contributed by atoms with Crippen LogP contribution < -0.4 is 19.8 Å². The summed E-state index contributed by atoms with van der Waals surface area (Å²) in [5, 5.41) is 1.89. The highest BCUT2D eigenvalue weighted by Gasteiger charge is 2.37. The third-order valence-corrected chi connectivity index (χ3v) is 7.80. The first kappa shape index (κ1) is 22.9. The minimum atomic E-state index is -0.700. The number of thiazole rings is 1. The third kappa shape index (κ3) is 3.64. The van der Waals surface area contributed by atoms with E-state index in [1.165, 1.54) is 22.0 Å². The van der Waals surface area contributed by atoms with Crippen molar-refractivity contribution in [1.29, 1.82) is 0 Å². The summed E-state index contributed by atoms with van der Waals surface area (Å²) in [5.74, 6) is -0.813. The summed E-state index contributed by atoms with van der Waals surface area (Å²) in [6, 6.07) is 10.4. The fraction of sp³-hybridized carbons (Fsp3) is 0.154. The van der Waals surface area contributed by atoms with Gasteiger partial charge in [-0.2, -0.15) is 0 Å². The fourth-order valence-electron chi connectivity index (χ4n) is 4.37. The van der Waals surface area contributed by atoms with Gasteiger partial charge >= 0.3 is 5.97 Å². The molecule has 0 aliphatic carbocycles. The number of nitrogens with zero attached hydrogens (tertiary/aromatic N) is 3. The second-order valence-corrected chi connectivity index (χ2v) is 9.86. The molecule has 35 heavy (non-hydrogen) atoms. The van der Waals surface area contributed by atoms with Crippen molar-refractivity contribution >= 4 is 45.8 Å². The highest BCUT2D eigenvalue weighted by Crippen LogP contribution is 2.36. The topological polar surface area (TPSA) is 81.0 Å². The number of esters is 1. The first-order chi connectivity index (χ1) is 17.0. The van der Waals surface area contributed by atoms with Crippen LogP contribution in [0.15, 0.2) is 88.1 Å². The number of fused-ring (bicyclic) bond motifs is 2. The zero-order valence-corrected chi connectivity index (χ0v) is 20.5. The molecule has 4 heterocycles. The first-order valence-corrected chi connectivity index (χ1v) is 12.6. The van der Waals surface area contributed by atoms with Gasteiger partial charge in [0.1, 0.15) is 17.2 Å². The normalized spacial score (nSPS) is 18.1. The monoisotopic (exact) mass is 503 g/mol. The van der Waals surface area contributed by atoms with E-state index in [4.69, 9.17) is 4.74 Å². The van der Waals surface area contributed by atoms with E-state index < -0.39 is 12.0 Å². The predicted octanol–water partition coefficient (Wildman–Crippen LogP) is 2.93. The van der Waals surface area contributed by atoms with E-state index in [2.05, 4.69) is 18.2 Å². The number of aromatic nitrogens is 1. The summed E-state index contributed by atoms with van der Waals surface area (Å²) in [5.41, 5.74) is 2.17. The highest BCUT2D eigenvalue weighted by molar-refractivity contribution is 7.10. The predicted molar refractivity (Wildman–Crippen MR) is 137 cm³/mol. The number of rotatable bonds is 6.